The molecule has 0 unspecified atom stereocenters. The third kappa shape index (κ3) is 5.76. The summed E-state index contributed by atoms with van der Waals surface area (Å²) in [5.41, 5.74) is 2.79. The lowest BCUT2D eigenvalue weighted by Crippen LogP contribution is -2.37. The number of ether oxygens (including phenoxy) is 1. The number of benzene rings is 2. The molecule has 1 saturated heterocycles. The summed E-state index contributed by atoms with van der Waals surface area (Å²) < 4.78 is 37.0. The standard InChI is InChI=1S/C24H32BrN3O3SSi/c1-33(2,3)14-13-31-18-27-17-26-24-22(25)15-21(16-23(24)27)32(29,30)28-11-9-20(10-12-28)19-7-5-4-6-8-19/h4-8,15-17,20H,9-14,18H2,1-3H3. The molecule has 0 spiro atoms. The van der Waals surface area contributed by atoms with Crippen LogP contribution in [0.5, 0.6) is 0 Å². The highest BCUT2D eigenvalue weighted by molar-refractivity contribution is 9.10. The zero-order valence-electron chi connectivity index (χ0n) is 19.5. The maximum absolute atomic E-state index is 13.5. The van der Waals surface area contributed by atoms with Crippen LogP contribution in [0.15, 0.2) is 58.2 Å². The molecule has 1 aliphatic rings. The first-order valence-electron chi connectivity index (χ1n) is 11.4. The largest absolute Gasteiger partial charge is 0.361 e. The van der Waals surface area contributed by atoms with Crippen molar-refractivity contribution in [1.82, 2.24) is 13.9 Å². The van der Waals surface area contributed by atoms with E-state index in [0.717, 1.165) is 29.9 Å². The minimum absolute atomic E-state index is 0.295. The van der Waals surface area contributed by atoms with Gasteiger partial charge in [-0.3, -0.25) is 0 Å². The van der Waals surface area contributed by atoms with Gasteiger partial charge in [0.1, 0.15) is 12.2 Å². The van der Waals surface area contributed by atoms with E-state index in [9.17, 15) is 8.42 Å². The van der Waals surface area contributed by atoms with Crippen molar-refractivity contribution in [2.45, 2.75) is 56.1 Å². The van der Waals surface area contributed by atoms with Crippen LogP contribution in [-0.2, 0) is 21.5 Å². The second-order valence-corrected chi connectivity index (χ2v) is 18.3. The molecule has 0 N–H and O–H groups in total. The van der Waals surface area contributed by atoms with Gasteiger partial charge in [-0.1, -0.05) is 50.0 Å². The first-order valence-corrected chi connectivity index (χ1v) is 17.4. The Bertz CT molecular complexity index is 1200. The van der Waals surface area contributed by atoms with Gasteiger partial charge in [0.15, 0.2) is 0 Å². The first-order chi connectivity index (χ1) is 15.6. The quantitative estimate of drug-likeness (QED) is 0.268. The summed E-state index contributed by atoms with van der Waals surface area (Å²) in [6, 6.07) is 14.9. The van der Waals surface area contributed by atoms with E-state index in [0.29, 0.717) is 41.7 Å². The van der Waals surface area contributed by atoms with Crippen LogP contribution in [0.25, 0.3) is 11.0 Å². The van der Waals surface area contributed by atoms with Gasteiger partial charge in [-0.25, -0.2) is 13.4 Å². The molecule has 0 bridgehead atoms. The Balaban J connectivity index is 1.50. The highest BCUT2D eigenvalue weighted by Gasteiger charge is 2.31. The molecule has 0 aliphatic carbocycles. The molecule has 2 heterocycles. The third-order valence-electron chi connectivity index (χ3n) is 6.24. The van der Waals surface area contributed by atoms with E-state index >= 15 is 0 Å². The summed E-state index contributed by atoms with van der Waals surface area (Å²) in [6.07, 6.45) is 3.37. The number of fused-ring (bicyclic) bond motifs is 1. The molecular weight excluding hydrogens is 518 g/mol. The van der Waals surface area contributed by atoms with Crippen molar-refractivity contribution in [3.63, 3.8) is 0 Å². The second kappa shape index (κ2) is 9.99. The van der Waals surface area contributed by atoms with Gasteiger partial charge < -0.3 is 9.30 Å². The number of imidazole rings is 1. The lowest BCUT2D eigenvalue weighted by molar-refractivity contribution is 0.0898. The van der Waals surface area contributed by atoms with Gasteiger partial charge in [-0.15, -0.1) is 0 Å². The van der Waals surface area contributed by atoms with Crippen molar-refractivity contribution < 1.29 is 13.2 Å². The van der Waals surface area contributed by atoms with Crippen LogP contribution in [0.4, 0.5) is 0 Å². The van der Waals surface area contributed by atoms with E-state index < -0.39 is 18.1 Å². The minimum Gasteiger partial charge on any atom is -0.361 e. The zero-order chi connectivity index (χ0) is 23.6. The Labute approximate surface area is 206 Å². The predicted octanol–water partition coefficient (Wildman–Crippen LogP) is 5.68. The van der Waals surface area contributed by atoms with E-state index in [1.54, 1.807) is 22.8 Å². The molecule has 0 atom stereocenters. The molecule has 6 nitrogen and oxygen atoms in total. The zero-order valence-corrected chi connectivity index (χ0v) is 22.9. The van der Waals surface area contributed by atoms with Gasteiger partial charge in [-0.05, 0) is 58.4 Å². The van der Waals surface area contributed by atoms with Crippen molar-refractivity contribution in [2.75, 3.05) is 19.7 Å². The number of sulfonamides is 1. The molecule has 1 aliphatic heterocycles. The van der Waals surface area contributed by atoms with Gasteiger partial charge in [0.25, 0.3) is 0 Å². The average Bonchev–Trinajstić information content (AvgIpc) is 3.20. The number of piperidine rings is 1. The number of aromatic nitrogens is 2. The summed E-state index contributed by atoms with van der Waals surface area (Å²) in [6.45, 7) is 9.07. The molecule has 1 fully saturated rings. The maximum Gasteiger partial charge on any atom is 0.243 e. The maximum atomic E-state index is 13.5. The van der Waals surface area contributed by atoms with Crippen LogP contribution in [0, 0.1) is 0 Å². The van der Waals surface area contributed by atoms with Crippen molar-refractivity contribution >= 4 is 45.1 Å². The van der Waals surface area contributed by atoms with Gasteiger partial charge in [-0.2, -0.15) is 4.31 Å². The number of rotatable bonds is 8. The number of halogens is 1. The topological polar surface area (TPSA) is 64.4 Å². The Kier molecular flexibility index (Phi) is 7.45. The highest BCUT2D eigenvalue weighted by atomic mass is 79.9. The van der Waals surface area contributed by atoms with E-state index in [2.05, 4.69) is 52.7 Å². The van der Waals surface area contributed by atoms with Crippen LogP contribution in [0.1, 0.15) is 24.3 Å². The van der Waals surface area contributed by atoms with E-state index in [1.807, 2.05) is 22.8 Å². The highest BCUT2D eigenvalue weighted by Crippen LogP contribution is 2.33. The molecule has 3 aromatic rings. The van der Waals surface area contributed by atoms with Crippen LogP contribution in [-0.4, -0.2) is 50.0 Å². The minimum atomic E-state index is -3.59. The summed E-state index contributed by atoms with van der Waals surface area (Å²) in [7, 11) is -4.76. The van der Waals surface area contributed by atoms with Gasteiger partial charge >= 0.3 is 0 Å². The molecule has 0 radical (unpaired) electrons. The third-order valence-corrected chi connectivity index (χ3v) is 10.4. The molecule has 1 aromatic heterocycles. The summed E-state index contributed by atoms with van der Waals surface area (Å²) in [5.74, 6) is 0.404. The van der Waals surface area contributed by atoms with Gasteiger partial charge in [0.05, 0.1) is 16.7 Å². The molecule has 2 aromatic carbocycles. The molecule has 0 amide bonds. The van der Waals surface area contributed by atoms with Crippen molar-refractivity contribution in [3.05, 3.63) is 58.8 Å². The van der Waals surface area contributed by atoms with Crippen LogP contribution in [0.2, 0.25) is 25.7 Å². The van der Waals surface area contributed by atoms with Crippen molar-refractivity contribution in [3.8, 4) is 0 Å². The van der Waals surface area contributed by atoms with Crippen LogP contribution < -0.4 is 0 Å². The Morgan fingerprint density at radius 1 is 1.12 bits per heavy atom. The predicted molar refractivity (Wildman–Crippen MR) is 139 cm³/mol. The summed E-state index contributed by atoms with van der Waals surface area (Å²) in [5, 5.41) is 0. The van der Waals surface area contributed by atoms with Crippen LogP contribution in [0.3, 0.4) is 0 Å². The summed E-state index contributed by atoms with van der Waals surface area (Å²) in [4.78, 5) is 4.76. The SMILES string of the molecule is C[Si](C)(C)CCOCn1cnc2c(Br)cc(S(=O)(=O)N3CCC(c4ccccc4)CC3)cc21. The molecule has 9 heteroatoms. The Morgan fingerprint density at radius 3 is 2.48 bits per heavy atom. The van der Waals surface area contributed by atoms with Gasteiger partial charge in [0.2, 0.25) is 10.0 Å². The first kappa shape index (κ1) is 24.6. The lowest BCUT2D eigenvalue weighted by Gasteiger charge is -2.31. The number of hydrogen-bond donors (Lipinski definition) is 0. The molecule has 0 saturated carbocycles. The molecule has 33 heavy (non-hydrogen) atoms. The smallest absolute Gasteiger partial charge is 0.243 e. The number of hydrogen-bond acceptors (Lipinski definition) is 4. The Morgan fingerprint density at radius 2 is 1.82 bits per heavy atom. The fourth-order valence-electron chi connectivity index (χ4n) is 4.19. The molecule has 4 rings (SSSR count). The van der Waals surface area contributed by atoms with Crippen LogP contribution >= 0.6 is 15.9 Å². The van der Waals surface area contributed by atoms with E-state index in [1.165, 1.54) is 5.56 Å². The second-order valence-electron chi connectivity index (χ2n) is 9.92. The number of nitrogens with zero attached hydrogens (tertiary/aromatic N) is 3. The summed E-state index contributed by atoms with van der Waals surface area (Å²) >= 11 is 3.53. The lowest BCUT2D eigenvalue weighted by atomic mass is 9.90. The van der Waals surface area contributed by atoms with E-state index in [4.69, 9.17) is 4.74 Å². The normalized spacial score (nSPS) is 16.5. The van der Waals surface area contributed by atoms with Gasteiger partial charge in [0, 0.05) is 32.2 Å². The average molecular weight is 551 g/mol. The Hall–Kier alpha value is -1.52. The molecule has 178 valence electrons. The van der Waals surface area contributed by atoms with E-state index in [-0.39, 0.29) is 0 Å². The molecular formula is C24H32BrN3O3SSi. The van der Waals surface area contributed by atoms with Crippen molar-refractivity contribution in [2.24, 2.45) is 0 Å². The monoisotopic (exact) mass is 549 g/mol. The van der Waals surface area contributed by atoms with Crippen molar-refractivity contribution in [1.29, 1.82) is 0 Å². The fourth-order valence-corrected chi connectivity index (χ4v) is 7.17. The fraction of sp³-hybridized carbons (Fsp3) is 0.458.